The molecule has 2 amide bonds. The van der Waals surface area contributed by atoms with E-state index in [0.717, 1.165) is 0 Å². The van der Waals surface area contributed by atoms with Gasteiger partial charge in [0.15, 0.2) is 0 Å². The van der Waals surface area contributed by atoms with Gasteiger partial charge in [0.2, 0.25) is 0 Å². The molecule has 5 nitrogen and oxygen atoms in total. The first kappa shape index (κ1) is 16.2. The van der Waals surface area contributed by atoms with Crippen LogP contribution in [-0.4, -0.2) is 30.4 Å². The molecule has 0 saturated heterocycles. The van der Waals surface area contributed by atoms with Crippen LogP contribution in [0, 0.1) is 5.82 Å². The predicted octanol–water partition coefficient (Wildman–Crippen LogP) is 2.51. The highest BCUT2D eigenvalue weighted by Crippen LogP contribution is 2.21. The molecule has 0 aliphatic heterocycles. The summed E-state index contributed by atoms with van der Waals surface area (Å²) in [6.45, 7) is 3.70. The normalized spacial score (nSPS) is 13.4. The summed E-state index contributed by atoms with van der Waals surface area (Å²) in [7, 11) is 1.46. The highest BCUT2D eigenvalue weighted by atomic mass is 19.1. The van der Waals surface area contributed by atoms with Gasteiger partial charge in [0.1, 0.15) is 11.6 Å². The van der Waals surface area contributed by atoms with E-state index in [0.29, 0.717) is 18.6 Å². The number of methoxy groups -OCH3 is 1. The Morgan fingerprint density at radius 3 is 2.75 bits per heavy atom. The molecule has 112 valence electrons. The summed E-state index contributed by atoms with van der Waals surface area (Å²) < 4.78 is 18.6. The molecule has 1 aromatic carbocycles. The van der Waals surface area contributed by atoms with Gasteiger partial charge in [-0.25, -0.2) is 9.18 Å². The van der Waals surface area contributed by atoms with Gasteiger partial charge in [-0.05, 0) is 31.9 Å². The van der Waals surface area contributed by atoms with Crippen molar-refractivity contribution in [1.82, 2.24) is 5.32 Å². The molecule has 1 rings (SSSR count). The molecular weight excluding hydrogens is 263 g/mol. The Morgan fingerprint density at radius 2 is 2.20 bits per heavy atom. The molecule has 6 heteroatoms. The van der Waals surface area contributed by atoms with Gasteiger partial charge in [0.25, 0.3) is 0 Å². The maximum absolute atomic E-state index is 13.6. The number of aliphatic hydroxyl groups excluding tert-OH is 1. The summed E-state index contributed by atoms with van der Waals surface area (Å²) in [6, 6.07) is 3.58. The van der Waals surface area contributed by atoms with Gasteiger partial charge < -0.3 is 20.5 Å². The lowest BCUT2D eigenvalue weighted by molar-refractivity contribution is 0.208. The number of rotatable bonds is 6. The van der Waals surface area contributed by atoms with Crippen molar-refractivity contribution < 1.29 is 19.0 Å². The molecule has 0 aliphatic carbocycles. The molecule has 0 aliphatic rings. The number of anilines is 1. The highest BCUT2D eigenvalue weighted by molar-refractivity contribution is 5.90. The average Bonchev–Trinajstić information content (AvgIpc) is 2.41. The highest BCUT2D eigenvalue weighted by Gasteiger charge is 2.24. The second-order valence-electron chi connectivity index (χ2n) is 4.81. The Morgan fingerprint density at radius 1 is 1.50 bits per heavy atom. The second-order valence-corrected chi connectivity index (χ2v) is 4.81. The van der Waals surface area contributed by atoms with Gasteiger partial charge in [-0.2, -0.15) is 0 Å². The van der Waals surface area contributed by atoms with Crippen LogP contribution < -0.4 is 15.4 Å². The zero-order chi connectivity index (χ0) is 15.2. The largest absolute Gasteiger partial charge is 0.497 e. The minimum atomic E-state index is -0.540. The molecule has 0 heterocycles. The van der Waals surface area contributed by atoms with Crippen LogP contribution in [0.5, 0.6) is 5.75 Å². The molecule has 0 radical (unpaired) electrons. The van der Waals surface area contributed by atoms with E-state index in [9.17, 15) is 9.18 Å². The monoisotopic (exact) mass is 284 g/mol. The fourth-order valence-corrected chi connectivity index (χ4v) is 1.73. The molecule has 0 saturated carbocycles. The summed E-state index contributed by atoms with van der Waals surface area (Å²) in [5, 5.41) is 14.2. The molecule has 3 N–H and O–H groups in total. The standard InChI is InChI=1S/C14H21FN2O3/c1-4-14(2,7-8-18)17-13(19)16-12-9-10(20-3)5-6-11(12)15/h5-6,9,18H,4,7-8H2,1-3H3,(H2,16,17,19). The van der Waals surface area contributed by atoms with E-state index in [1.807, 2.05) is 13.8 Å². The van der Waals surface area contributed by atoms with Crippen LogP contribution in [0.2, 0.25) is 0 Å². The van der Waals surface area contributed by atoms with Crippen molar-refractivity contribution in [2.75, 3.05) is 19.0 Å². The van der Waals surface area contributed by atoms with Crippen molar-refractivity contribution in [3.05, 3.63) is 24.0 Å². The maximum atomic E-state index is 13.6. The smallest absolute Gasteiger partial charge is 0.319 e. The van der Waals surface area contributed by atoms with E-state index < -0.39 is 17.4 Å². The van der Waals surface area contributed by atoms with Gasteiger partial charge in [-0.1, -0.05) is 6.92 Å². The Labute approximate surface area is 118 Å². The number of aliphatic hydroxyl groups is 1. The van der Waals surface area contributed by atoms with Gasteiger partial charge in [-0.3, -0.25) is 0 Å². The zero-order valence-electron chi connectivity index (χ0n) is 12.0. The lowest BCUT2D eigenvalue weighted by Gasteiger charge is -2.29. The molecule has 1 aromatic rings. The lowest BCUT2D eigenvalue weighted by Crippen LogP contribution is -2.48. The number of hydrogen-bond acceptors (Lipinski definition) is 3. The number of benzene rings is 1. The number of ether oxygens (including phenoxy) is 1. The Bertz CT molecular complexity index is 468. The van der Waals surface area contributed by atoms with Gasteiger partial charge in [0.05, 0.1) is 12.8 Å². The molecule has 20 heavy (non-hydrogen) atoms. The predicted molar refractivity (Wildman–Crippen MR) is 75.5 cm³/mol. The van der Waals surface area contributed by atoms with Gasteiger partial charge in [0, 0.05) is 18.2 Å². The summed E-state index contributed by atoms with van der Waals surface area (Å²) in [4.78, 5) is 11.9. The molecule has 0 fully saturated rings. The van der Waals surface area contributed by atoms with Gasteiger partial charge in [-0.15, -0.1) is 0 Å². The number of halogens is 1. The number of hydrogen-bond donors (Lipinski definition) is 3. The molecule has 0 aromatic heterocycles. The van der Waals surface area contributed by atoms with Crippen LogP contribution in [0.1, 0.15) is 26.7 Å². The first-order chi connectivity index (χ1) is 9.44. The maximum Gasteiger partial charge on any atom is 0.319 e. The van der Waals surface area contributed by atoms with Crippen molar-refractivity contribution in [2.24, 2.45) is 0 Å². The minimum absolute atomic E-state index is 0.0296. The molecule has 0 bridgehead atoms. The van der Waals surface area contributed by atoms with Crippen molar-refractivity contribution in [3.63, 3.8) is 0 Å². The van der Waals surface area contributed by atoms with Crippen LogP contribution in [-0.2, 0) is 0 Å². The first-order valence-corrected chi connectivity index (χ1v) is 6.47. The Hall–Kier alpha value is -1.82. The van der Waals surface area contributed by atoms with Gasteiger partial charge >= 0.3 is 6.03 Å². The SMILES string of the molecule is CCC(C)(CCO)NC(=O)Nc1cc(OC)ccc1F. The summed E-state index contributed by atoms with van der Waals surface area (Å²) in [5.41, 5.74) is -0.488. The van der Waals surface area contributed by atoms with Crippen molar-refractivity contribution >= 4 is 11.7 Å². The average molecular weight is 284 g/mol. The van der Waals surface area contributed by atoms with E-state index in [4.69, 9.17) is 9.84 Å². The quantitative estimate of drug-likeness (QED) is 0.751. The molecule has 1 atom stereocenters. The van der Waals surface area contributed by atoms with Crippen LogP contribution in [0.3, 0.4) is 0 Å². The Balaban J connectivity index is 2.75. The molecular formula is C14H21FN2O3. The summed E-state index contributed by atoms with van der Waals surface area (Å²) in [6.07, 6.45) is 1.08. The van der Waals surface area contributed by atoms with Crippen LogP contribution in [0.25, 0.3) is 0 Å². The minimum Gasteiger partial charge on any atom is -0.497 e. The fraction of sp³-hybridized carbons (Fsp3) is 0.500. The number of amides is 2. The first-order valence-electron chi connectivity index (χ1n) is 6.47. The number of carbonyl (C=O) groups excluding carboxylic acids is 1. The molecule has 1 unspecified atom stereocenters. The van der Waals surface area contributed by atoms with Crippen LogP contribution in [0.15, 0.2) is 18.2 Å². The third-order valence-corrected chi connectivity index (χ3v) is 3.28. The number of urea groups is 1. The lowest BCUT2D eigenvalue weighted by atomic mass is 9.95. The van der Waals surface area contributed by atoms with E-state index >= 15 is 0 Å². The summed E-state index contributed by atoms with van der Waals surface area (Å²) in [5.74, 6) is -0.0865. The third-order valence-electron chi connectivity index (χ3n) is 3.28. The Kier molecular flexibility index (Phi) is 5.76. The van der Waals surface area contributed by atoms with E-state index in [1.54, 1.807) is 0 Å². The summed E-state index contributed by atoms with van der Waals surface area (Å²) >= 11 is 0. The van der Waals surface area contributed by atoms with Crippen LogP contribution in [0.4, 0.5) is 14.9 Å². The van der Waals surface area contributed by atoms with E-state index in [2.05, 4.69) is 10.6 Å². The van der Waals surface area contributed by atoms with Crippen molar-refractivity contribution in [3.8, 4) is 5.75 Å². The van der Waals surface area contributed by atoms with Crippen molar-refractivity contribution in [2.45, 2.75) is 32.2 Å². The van der Waals surface area contributed by atoms with E-state index in [-0.39, 0.29) is 12.3 Å². The zero-order valence-corrected chi connectivity index (χ0v) is 12.0. The number of carbonyl (C=O) groups is 1. The third kappa shape index (κ3) is 4.38. The second kappa shape index (κ2) is 7.09. The number of nitrogens with one attached hydrogen (secondary N) is 2. The topological polar surface area (TPSA) is 70.6 Å². The van der Waals surface area contributed by atoms with Crippen molar-refractivity contribution in [1.29, 1.82) is 0 Å². The molecule has 0 spiro atoms. The fourth-order valence-electron chi connectivity index (χ4n) is 1.73. The van der Waals surface area contributed by atoms with Crippen LogP contribution >= 0.6 is 0 Å². The van der Waals surface area contributed by atoms with E-state index in [1.165, 1.54) is 25.3 Å².